The molecule has 6 N–H and O–H groups in total. The number of phosphoric ester groups is 1. The lowest BCUT2D eigenvalue weighted by Gasteiger charge is -2.41. The summed E-state index contributed by atoms with van der Waals surface area (Å²) in [7, 11) is -5.01. The van der Waals surface area contributed by atoms with Gasteiger partial charge in [-0.15, -0.1) is 0 Å². The average Bonchev–Trinajstić information content (AvgIpc) is 3.26. The van der Waals surface area contributed by atoms with E-state index in [1.54, 1.807) is 0 Å². The first-order chi connectivity index (χ1) is 30.0. The van der Waals surface area contributed by atoms with E-state index in [1.807, 2.05) is 0 Å². The fourth-order valence-corrected chi connectivity index (χ4v) is 9.33. The molecule has 1 rings (SSSR count). The largest absolute Gasteiger partial charge is 0.472 e. The maximum Gasteiger partial charge on any atom is 0.472 e. The van der Waals surface area contributed by atoms with Gasteiger partial charge in [0.2, 0.25) is 0 Å². The molecule has 0 aromatic heterocycles. The zero-order valence-electron chi connectivity index (χ0n) is 39.7. The Hall–Kier alpha value is -0.660. The maximum absolute atomic E-state index is 12.8. The number of carbonyl (C=O) groups is 1. The van der Waals surface area contributed by atoms with Crippen molar-refractivity contribution in [3.8, 4) is 0 Å². The summed E-state index contributed by atoms with van der Waals surface area (Å²) in [6.07, 6.45) is 31.7. The molecule has 1 fully saturated rings. The molecule has 1 saturated carbocycles. The van der Waals surface area contributed by atoms with Crippen molar-refractivity contribution in [1.29, 1.82) is 0 Å². The van der Waals surface area contributed by atoms with Crippen LogP contribution in [-0.4, -0.2) is 98.9 Å². The molecule has 0 aliphatic heterocycles. The van der Waals surface area contributed by atoms with Crippen molar-refractivity contribution in [1.82, 2.24) is 0 Å². The molecule has 0 heterocycles. The van der Waals surface area contributed by atoms with Gasteiger partial charge < -0.3 is 39.9 Å². The quantitative estimate of drug-likeness (QED) is 0.0193. The van der Waals surface area contributed by atoms with Crippen LogP contribution in [0.5, 0.6) is 0 Å². The molecule has 0 amide bonds. The lowest BCUT2D eigenvalue weighted by molar-refractivity contribution is -0.220. The van der Waals surface area contributed by atoms with E-state index >= 15 is 0 Å². The van der Waals surface area contributed by atoms with Crippen LogP contribution in [0, 0.1) is 0 Å². The molecule has 12 nitrogen and oxygen atoms in total. The first-order valence-electron chi connectivity index (χ1n) is 25.9. The number of aliphatic hydroxyl groups is 5. The van der Waals surface area contributed by atoms with E-state index < -0.39 is 63.1 Å². The molecule has 1 aliphatic carbocycles. The highest BCUT2D eigenvalue weighted by molar-refractivity contribution is 7.47. The van der Waals surface area contributed by atoms with E-state index in [2.05, 4.69) is 13.8 Å². The van der Waals surface area contributed by atoms with Crippen LogP contribution in [0.3, 0.4) is 0 Å². The third-order valence-corrected chi connectivity index (χ3v) is 13.5. The van der Waals surface area contributed by atoms with Gasteiger partial charge in [-0.3, -0.25) is 13.8 Å². The van der Waals surface area contributed by atoms with Gasteiger partial charge in [0.05, 0.1) is 13.2 Å². The molecule has 0 saturated heterocycles. The van der Waals surface area contributed by atoms with Crippen LogP contribution in [0.1, 0.15) is 245 Å². The summed E-state index contributed by atoms with van der Waals surface area (Å²) in [4.78, 5) is 23.2. The van der Waals surface area contributed by atoms with E-state index in [-0.39, 0.29) is 13.0 Å². The molecule has 0 radical (unpaired) electrons. The van der Waals surface area contributed by atoms with Gasteiger partial charge in [0.15, 0.2) is 0 Å². The summed E-state index contributed by atoms with van der Waals surface area (Å²) in [6, 6.07) is 0. The Bertz CT molecular complexity index is 1040. The van der Waals surface area contributed by atoms with E-state index in [9.17, 15) is 39.8 Å². The molecular formula is C49H97O12P. The monoisotopic (exact) mass is 909 g/mol. The summed E-state index contributed by atoms with van der Waals surface area (Å²) in [5.74, 6) is -0.470. The molecule has 13 heteroatoms. The predicted molar refractivity (Wildman–Crippen MR) is 249 cm³/mol. The second-order valence-corrected chi connectivity index (χ2v) is 19.8. The number of phosphoric acid groups is 1. The Morgan fingerprint density at radius 1 is 0.452 bits per heavy atom. The molecule has 0 aromatic carbocycles. The molecule has 1 aliphatic rings. The first-order valence-corrected chi connectivity index (χ1v) is 27.4. The van der Waals surface area contributed by atoms with Gasteiger partial charge in [0, 0.05) is 13.0 Å². The van der Waals surface area contributed by atoms with Crippen LogP contribution < -0.4 is 0 Å². The lowest BCUT2D eigenvalue weighted by Crippen LogP contribution is -2.64. The number of hydrogen-bond donors (Lipinski definition) is 6. The minimum absolute atomic E-state index is 0.0675. The zero-order chi connectivity index (χ0) is 45.5. The van der Waals surface area contributed by atoms with Crippen molar-refractivity contribution in [2.75, 3.05) is 19.8 Å². The van der Waals surface area contributed by atoms with Gasteiger partial charge in [-0.1, -0.05) is 226 Å². The molecule has 0 bridgehead atoms. The van der Waals surface area contributed by atoms with Gasteiger partial charge in [0.25, 0.3) is 0 Å². The van der Waals surface area contributed by atoms with E-state index in [0.717, 1.165) is 38.5 Å². The zero-order valence-corrected chi connectivity index (χ0v) is 40.6. The van der Waals surface area contributed by atoms with Crippen molar-refractivity contribution in [2.45, 2.75) is 288 Å². The van der Waals surface area contributed by atoms with Gasteiger partial charge in [-0.25, -0.2) is 4.57 Å². The normalized spacial score (nSPS) is 21.9. The fraction of sp³-hybridized carbons (Fsp3) is 0.980. The number of carbonyl (C=O) groups excluding carboxylic acids is 1. The third kappa shape index (κ3) is 32.1. The predicted octanol–water partition coefficient (Wildman–Crippen LogP) is 11.3. The van der Waals surface area contributed by atoms with Crippen LogP contribution in [0.2, 0.25) is 0 Å². The minimum Gasteiger partial charge on any atom is -0.457 e. The van der Waals surface area contributed by atoms with E-state index in [4.69, 9.17) is 18.5 Å². The SMILES string of the molecule is CCCCCCCCCCCCCCCCCCCCCCCOCC(COP(=O)(O)OC1C(O)C(O)C(O)C(O)C1O)OC(=O)CCCCCCCCCCCCCCCC. The van der Waals surface area contributed by atoms with Gasteiger partial charge >= 0.3 is 13.8 Å². The van der Waals surface area contributed by atoms with Crippen molar-refractivity contribution >= 4 is 13.8 Å². The third-order valence-electron chi connectivity index (χ3n) is 12.5. The van der Waals surface area contributed by atoms with Crippen LogP contribution in [0.15, 0.2) is 0 Å². The van der Waals surface area contributed by atoms with Crippen LogP contribution in [0.4, 0.5) is 0 Å². The molecule has 62 heavy (non-hydrogen) atoms. The minimum atomic E-state index is -5.01. The molecule has 0 aromatic rings. The van der Waals surface area contributed by atoms with Gasteiger partial charge in [-0.2, -0.15) is 0 Å². The molecule has 6 atom stereocenters. The molecule has 0 spiro atoms. The van der Waals surface area contributed by atoms with Crippen molar-refractivity contribution in [3.63, 3.8) is 0 Å². The highest BCUT2D eigenvalue weighted by Gasteiger charge is 2.51. The van der Waals surface area contributed by atoms with E-state index in [1.165, 1.54) is 180 Å². The Kier molecular flexibility index (Phi) is 38.9. The van der Waals surface area contributed by atoms with E-state index in [0.29, 0.717) is 13.0 Å². The number of aliphatic hydroxyl groups excluding tert-OH is 5. The Labute approximate surface area is 378 Å². The van der Waals surface area contributed by atoms with Crippen molar-refractivity contribution in [2.24, 2.45) is 0 Å². The molecular weight excluding hydrogens is 812 g/mol. The smallest absolute Gasteiger partial charge is 0.457 e. The topological polar surface area (TPSA) is 192 Å². The number of rotatable bonds is 45. The second-order valence-electron chi connectivity index (χ2n) is 18.4. The second kappa shape index (κ2) is 40.6. The summed E-state index contributed by atoms with van der Waals surface area (Å²) in [5, 5.41) is 50.3. The summed E-state index contributed by atoms with van der Waals surface area (Å²) >= 11 is 0. The van der Waals surface area contributed by atoms with Crippen LogP contribution in [0.25, 0.3) is 0 Å². The molecule has 370 valence electrons. The highest BCUT2D eigenvalue weighted by atomic mass is 31.2. The average molecular weight is 909 g/mol. The lowest BCUT2D eigenvalue weighted by atomic mass is 9.85. The van der Waals surface area contributed by atoms with Gasteiger partial charge in [0.1, 0.15) is 42.7 Å². The van der Waals surface area contributed by atoms with Crippen molar-refractivity contribution in [3.05, 3.63) is 0 Å². The Morgan fingerprint density at radius 2 is 0.758 bits per heavy atom. The van der Waals surface area contributed by atoms with Gasteiger partial charge in [-0.05, 0) is 12.8 Å². The maximum atomic E-state index is 12.8. The highest BCUT2D eigenvalue weighted by Crippen LogP contribution is 2.47. The first kappa shape index (κ1) is 59.4. The van der Waals surface area contributed by atoms with Crippen LogP contribution in [-0.2, 0) is 27.9 Å². The Morgan fingerprint density at radius 3 is 1.11 bits per heavy atom. The number of ether oxygens (including phenoxy) is 2. The molecule has 6 unspecified atom stereocenters. The number of esters is 1. The number of unbranched alkanes of at least 4 members (excludes halogenated alkanes) is 33. The van der Waals surface area contributed by atoms with Crippen molar-refractivity contribution < 1.29 is 58.3 Å². The number of hydrogen-bond acceptors (Lipinski definition) is 11. The summed E-state index contributed by atoms with van der Waals surface area (Å²) in [6.45, 7) is 4.31. The van der Waals surface area contributed by atoms with Crippen LogP contribution >= 0.6 is 7.82 Å². The fourth-order valence-electron chi connectivity index (χ4n) is 8.36. The summed E-state index contributed by atoms with van der Waals surface area (Å²) in [5.41, 5.74) is 0. The Balaban J connectivity index is 2.30. The summed E-state index contributed by atoms with van der Waals surface area (Å²) < 4.78 is 34.3. The standard InChI is InChI=1S/C49H97O12P/c1-3-5-7-9-11-13-15-17-19-20-21-22-23-24-25-27-29-31-33-35-37-39-58-40-42(41-59-62(56,57)61-49-47(54)45(52)44(51)46(53)48(49)55)60-43(50)38-36-34-32-30-28-26-18-16-14-12-10-8-6-4-2/h42,44-49,51-55H,3-41H2,1-2H3,(H,56,57).